The fraction of sp³-hybridized carbons (Fsp3) is 0.300. The topological polar surface area (TPSA) is 67.4 Å². The van der Waals surface area contributed by atoms with Gasteiger partial charge in [0, 0.05) is 16.6 Å². The van der Waals surface area contributed by atoms with E-state index in [9.17, 15) is 9.59 Å². The van der Waals surface area contributed by atoms with Gasteiger partial charge < -0.3 is 15.4 Å². The molecular formula is C20H21ClN2O3. The van der Waals surface area contributed by atoms with Crippen molar-refractivity contribution in [2.24, 2.45) is 5.92 Å². The molecule has 1 aliphatic carbocycles. The summed E-state index contributed by atoms with van der Waals surface area (Å²) >= 11 is 5.93. The summed E-state index contributed by atoms with van der Waals surface area (Å²) in [5, 5.41) is 6.36. The van der Waals surface area contributed by atoms with Crippen LogP contribution >= 0.6 is 11.6 Å². The first-order valence-electron chi connectivity index (χ1n) is 8.53. The second-order valence-corrected chi connectivity index (χ2v) is 6.86. The number of nitrogens with one attached hydrogen (secondary N) is 2. The number of benzene rings is 2. The van der Waals surface area contributed by atoms with Gasteiger partial charge in [-0.25, -0.2) is 0 Å². The van der Waals surface area contributed by atoms with Gasteiger partial charge in [-0.05, 0) is 55.7 Å². The average molecular weight is 373 g/mol. The van der Waals surface area contributed by atoms with Gasteiger partial charge >= 0.3 is 0 Å². The monoisotopic (exact) mass is 372 g/mol. The molecule has 0 spiro atoms. The Bertz CT molecular complexity index is 816. The summed E-state index contributed by atoms with van der Waals surface area (Å²) in [5.41, 5.74) is 2.14. The number of carbonyl (C=O) groups is 2. The second-order valence-electron chi connectivity index (χ2n) is 6.43. The number of carbonyl (C=O) groups excluding carboxylic acids is 2. The molecule has 0 aromatic heterocycles. The van der Waals surface area contributed by atoms with Crippen LogP contribution in [0.25, 0.3) is 0 Å². The highest BCUT2D eigenvalue weighted by atomic mass is 35.5. The lowest BCUT2D eigenvalue weighted by Crippen LogP contribution is -2.27. The third-order valence-corrected chi connectivity index (χ3v) is 4.62. The Morgan fingerprint density at radius 3 is 2.46 bits per heavy atom. The Morgan fingerprint density at radius 1 is 1.15 bits per heavy atom. The minimum absolute atomic E-state index is 0.0777. The van der Waals surface area contributed by atoms with Crippen LogP contribution in [0.15, 0.2) is 42.5 Å². The molecule has 1 saturated carbocycles. The largest absolute Gasteiger partial charge is 0.496 e. The zero-order chi connectivity index (χ0) is 18.7. The third-order valence-electron chi connectivity index (χ3n) is 4.38. The van der Waals surface area contributed by atoms with Crippen molar-refractivity contribution in [2.75, 3.05) is 12.4 Å². The summed E-state index contributed by atoms with van der Waals surface area (Å²) in [5.74, 6) is 0.439. The van der Waals surface area contributed by atoms with Gasteiger partial charge in [0.1, 0.15) is 5.75 Å². The summed E-state index contributed by atoms with van der Waals surface area (Å²) in [6.07, 6.45) is 1.95. The molecule has 1 aliphatic rings. The molecule has 3 rings (SSSR count). The van der Waals surface area contributed by atoms with Crippen molar-refractivity contribution in [3.05, 3.63) is 58.6 Å². The number of rotatable bonds is 6. The molecule has 0 saturated heterocycles. The van der Waals surface area contributed by atoms with E-state index in [0.29, 0.717) is 16.3 Å². The average Bonchev–Trinajstić information content (AvgIpc) is 3.47. The fourth-order valence-electron chi connectivity index (χ4n) is 2.66. The van der Waals surface area contributed by atoms with Crippen molar-refractivity contribution >= 4 is 29.1 Å². The first kappa shape index (κ1) is 18.3. The van der Waals surface area contributed by atoms with E-state index in [-0.39, 0.29) is 23.8 Å². The molecule has 136 valence electrons. The number of hydrogen-bond acceptors (Lipinski definition) is 3. The van der Waals surface area contributed by atoms with E-state index in [2.05, 4.69) is 10.6 Å². The number of hydrogen-bond donors (Lipinski definition) is 2. The lowest BCUT2D eigenvalue weighted by atomic mass is 10.1. The van der Waals surface area contributed by atoms with Crippen LogP contribution in [-0.2, 0) is 4.79 Å². The highest BCUT2D eigenvalue weighted by Crippen LogP contribution is 2.30. The van der Waals surface area contributed by atoms with Crippen LogP contribution in [0.1, 0.15) is 41.7 Å². The van der Waals surface area contributed by atoms with Gasteiger partial charge in [-0.2, -0.15) is 0 Å². The molecule has 1 unspecified atom stereocenters. The molecule has 1 atom stereocenters. The normalized spacial score (nSPS) is 14.4. The zero-order valence-electron chi connectivity index (χ0n) is 14.7. The minimum Gasteiger partial charge on any atom is -0.496 e. The van der Waals surface area contributed by atoms with Crippen molar-refractivity contribution in [3.63, 3.8) is 0 Å². The van der Waals surface area contributed by atoms with E-state index in [0.717, 1.165) is 24.1 Å². The maximum absolute atomic E-state index is 12.5. The molecule has 2 amide bonds. The van der Waals surface area contributed by atoms with Crippen LogP contribution in [-0.4, -0.2) is 18.9 Å². The molecule has 2 aromatic carbocycles. The van der Waals surface area contributed by atoms with Crippen LogP contribution in [0.5, 0.6) is 5.75 Å². The summed E-state index contributed by atoms with van der Waals surface area (Å²) in [6.45, 7) is 1.90. The smallest absolute Gasteiger partial charge is 0.255 e. The standard InChI is InChI=1S/C20H21ClN2O3/c1-12(22-20(25)17-10-7-15(21)11-18(17)26-2)13-5-8-16(9-6-13)23-19(24)14-3-4-14/h5-12,14H,3-4H2,1-2H3,(H,22,25)(H,23,24). The molecule has 26 heavy (non-hydrogen) atoms. The molecule has 2 aromatic rings. The molecule has 0 aliphatic heterocycles. The van der Waals surface area contributed by atoms with Crippen LogP contribution in [0, 0.1) is 5.92 Å². The van der Waals surface area contributed by atoms with Gasteiger partial charge in [0.25, 0.3) is 5.91 Å². The summed E-state index contributed by atoms with van der Waals surface area (Å²) in [6, 6.07) is 12.2. The number of ether oxygens (including phenoxy) is 1. The van der Waals surface area contributed by atoms with Crippen molar-refractivity contribution in [1.29, 1.82) is 0 Å². The summed E-state index contributed by atoms with van der Waals surface area (Å²) in [7, 11) is 1.50. The Hall–Kier alpha value is -2.53. The van der Waals surface area contributed by atoms with Gasteiger partial charge in [-0.1, -0.05) is 23.7 Å². The van der Waals surface area contributed by atoms with Gasteiger partial charge in [-0.3, -0.25) is 9.59 Å². The predicted molar refractivity (Wildman–Crippen MR) is 102 cm³/mol. The van der Waals surface area contributed by atoms with Crippen molar-refractivity contribution in [2.45, 2.75) is 25.8 Å². The van der Waals surface area contributed by atoms with Crippen molar-refractivity contribution < 1.29 is 14.3 Å². The highest BCUT2D eigenvalue weighted by Gasteiger charge is 2.29. The molecular weight excluding hydrogens is 352 g/mol. The van der Waals surface area contributed by atoms with Gasteiger partial charge in [-0.15, -0.1) is 0 Å². The Kier molecular flexibility index (Phi) is 5.47. The lowest BCUT2D eigenvalue weighted by molar-refractivity contribution is -0.117. The summed E-state index contributed by atoms with van der Waals surface area (Å²) in [4.78, 5) is 24.3. The Labute approximate surface area is 157 Å². The maximum Gasteiger partial charge on any atom is 0.255 e. The van der Waals surface area contributed by atoms with Crippen molar-refractivity contribution in [1.82, 2.24) is 5.32 Å². The molecule has 0 radical (unpaired) electrons. The van der Waals surface area contributed by atoms with Crippen LogP contribution in [0.2, 0.25) is 5.02 Å². The second kappa shape index (κ2) is 7.79. The number of methoxy groups -OCH3 is 1. The molecule has 5 nitrogen and oxygen atoms in total. The van der Waals surface area contributed by atoms with E-state index in [1.54, 1.807) is 18.2 Å². The molecule has 1 fully saturated rings. The number of halogens is 1. The molecule has 0 bridgehead atoms. The quantitative estimate of drug-likeness (QED) is 0.799. The van der Waals surface area contributed by atoms with Crippen LogP contribution in [0.3, 0.4) is 0 Å². The number of amides is 2. The molecule has 0 heterocycles. The van der Waals surface area contributed by atoms with E-state index in [1.807, 2.05) is 31.2 Å². The fourth-order valence-corrected chi connectivity index (χ4v) is 2.82. The van der Waals surface area contributed by atoms with E-state index >= 15 is 0 Å². The third kappa shape index (κ3) is 4.35. The SMILES string of the molecule is COc1cc(Cl)ccc1C(=O)NC(C)c1ccc(NC(=O)C2CC2)cc1. The van der Waals surface area contributed by atoms with Gasteiger partial charge in [0.2, 0.25) is 5.91 Å². The Balaban J connectivity index is 1.64. The maximum atomic E-state index is 12.5. The van der Waals surface area contributed by atoms with Crippen molar-refractivity contribution in [3.8, 4) is 5.75 Å². The van der Waals surface area contributed by atoms with Crippen LogP contribution < -0.4 is 15.4 Å². The van der Waals surface area contributed by atoms with E-state index < -0.39 is 0 Å². The summed E-state index contributed by atoms with van der Waals surface area (Å²) < 4.78 is 5.23. The van der Waals surface area contributed by atoms with Gasteiger partial charge in [0.15, 0.2) is 0 Å². The Morgan fingerprint density at radius 2 is 1.85 bits per heavy atom. The zero-order valence-corrected chi connectivity index (χ0v) is 15.5. The van der Waals surface area contributed by atoms with E-state index in [1.165, 1.54) is 7.11 Å². The number of anilines is 1. The molecule has 6 heteroatoms. The predicted octanol–water partition coefficient (Wildman–Crippen LogP) is 4.19. The van der Waals surface area contributed by atoms with E-state index in [4.69, 9.17) is 16.3 Å². The highest BCUT2D eigenvalue weighted by molar-refractivity contribution is 6.30. The first-order chi connectivity index (χ1) is 12.5. The minimum atomic E-state index is -0.239. The van der Waals surface area contributed by atoms with Gasteiger partial charge in [0.05, 0.1) is 18.7 Å². The lowest BCUT2D eigenvalue weighted by Gasteiger charge is -2.16. The first-order valence-corrected chi connectivity index (χ1v) is 8.91. The van der Waals surface area contributed by atoms with Crippen LogP contribution in [0.4, 0.5) is 5.69 Å². The molecule has 2 N–H and O–H groups in total.